The Morgan fingerprint density at radius 2 is 1.76 bits per heavy atom. The quantitative estimate of drug-likeness (QED) is 0.430. The lowest BCUT2D eigenvalue weighted by atomic mass is 10.1. The number of piperazine rings is 1. The third-order valence-corrected chi connectivity index (χ3v) is 6.42. The summed E-state index contributed by atoms with van der Waals surface area (Å²) in [5.41, 5.74) is 0.336. The van der Waals surface area contributed by atoms with E-state index in [9.17, 15) is 22.7 Å². The molecule has 0 spiro atoms. The number of benzene rings is 1. The normalized spacial score (nSPS) is 14.4. The van der Waals surface area contributed by atoms with Gasteiger partial charge in [0.1, 0.15) is 17.5 Å². The standard InChI is InChI=1S/C25H27ClF4N6O/c1-16(2)36(12-13-37)24-32-21(17-5-6-20(27)19(26)14-17)15-22(33-24)34-8-10-35(11-9-34)23-18(25(28,29)30)4-3-7-31-23/h3-7,14-16,37H,8-13H2,1-2H3. The number of rotatable bonds is 7. The molecule has 1 saturated heterocycles. The summed E-state index contributed by atoms with van der Waals surface area (Å²) in [5.74, 6) is 0.311. The van der Waals surface area contributed by atoms with Gasteiger partial charge in [0.05, 0.1) is 22.9 Å². The van der Waals surface area contributed by atoms with Gasteiger partial charge in [-0.1, -0.05) is 11.6 Å². The van der Waals surface area contributed by atoms with Crippen LogP contribution in [0.4, 0.5) is 35.1 Å². The number of nitrogens with zero attached hydrogens (tertiary/aromatic N) is 6. The van der Waals surface area contributed by atoms with Crippen LogP contribution in [0.3, 0.4) is 0 Å². The van der Waals surface area contributed by atoms with Crippen LogP contribution in [0.1, 0.15) is 19.4 Å². The van der Waals surface area contributed by atoms with Crippen molar-refractivity contribution in [1.29, 1.82) is 0 Å². The Labute approximate surface area is 217 Å². The highest BCUT2D eigenvalue weighted by molar-refractivity contribution is 6.31. The summed E-state index contributed by atoms with van der Waals surface area (Å²) in [6.45, 7) is 5.51. The molecule has 2 aromatic heterocycles. The van der Waals surface area contributed by atoms with Gasteiger partial charge in [-0.25, -0.2) is 14.4 Å². The second-order valence-corrected chi connectivity index (χ2v) is 9.30. The van der Waals surface area contributed by atoms with Crippen LogP contribution in [0, 0.1) is 5.82 Å². The molecule has 0 atom stereocenters. The minimum Gasteiger partial charge on any atom is -0.395 e. The van der Waals surface area contributed by atoms with Gasteiger partial charge in [-0.3, -0.25) is 0 Å². The van der Waals surface area contributed by atoms with E-state index in [-0.39, 0.29) is 23.5 Å². The zero-order valence-corrected chi connectivity index (χ0v) is 21.1. The Morgan fingerprint density at radius 1 is 1.05 bits per heavy atom. The van der Waals surface area contributed by atoms with Gasteiger partial charge < -0.3 is 19.8 Å². The molecule has 1 aliphatic rings. The van der Waals surface area contributed by atoms with Crippen LogP contribution in [0.15, 0.2) is 42.6 Å². The predicted molar refractivity (Wildman–Crippen MR) is 136 cm³/mol. The first-order chi connectivity index (χ1) is 17.6. The van der Waals surface area contributed by atoms with Crippen molar-refractivity contribution in [2.24, 2.45) is 0 Å². The van der Waals surface area contributed by atoms with E-state index in [1.54, 1.807) is 17.0 Å². The molecule has 37 heavy (non-hydrogen) atoms. The number of halogens is 5. The minimum absolute atomic E-state index is 0.0196. The van der Waals surface area contributed by atoms with E-state index in [1.807, 2.05) is 23.6 Å². The molecule has 1 fully saturated rings. The van der Waals surface area contributed by atoms with Crippen LogP contribution in [-0.4, -0.2) is 65.4 Å². The van der Waals surface area contributed by atoms with Crippen molar-refractivity contribution < 1.29 is 22.7 Å². The molecule has 0 aliphatic carbocycles. The largest absolute Gasteiger partial charge is 0.419 e. The van der Waals surface area contributed by atoms with E-state index in [4.69, 9.17) is 16.6 Å². The fourth-order valence-corrected chi connectivity index (χ4v) is 4.41. The van der Waals surface area contributed by atoms with Gasteiger partial charge in [-0.2, -0.15) is 18.2 Å². The molecule has 0 saturated carbocycles. The summed E-state index contributed by atoms with van der Waals surface area (Å²) in [6, 6.07) is 8.36. The average Bonchev–Trinajstić information content (AvgIpc) is 2.88. The molecule has 198 valence electrons. The van der Waals surface area contributed by atoms with E-state index in [2.05, 4.69) is 9.97 Å². The topological polar surface area (TPSA) is 68.6 Å². The zero-order valence-electron chi connectivity index (χ0n) is 20.4. The summed E-state index contributed by atoms with van der Waals surface area (Å²) < 4.78 is 54.3. The van der Waals surface area contributed by atoms with Crippen molar-refractivity contribution in [3.63, 3.8) is 0 Å². The molecule has 1 N–H and O–H groups in total. The lowest BCUT2D eigenvalue weighted by molar-refractivity contribution is -0.137. The molecule has 4 rings (SSSR count). The number of aromatic nitrogens is 3. The van der Waals surface area contributed by atoms with Gasteiger partial charge in [-0.05, 0) is 44.2 Å². The van der Waals surface area contributed by atoms with Crippen molar-refractivity contribution in [1.82, 2.24) is 15.0 Å². The molecule has 12 heteroatoms. The molecule has 0 bridgehead atoms. The predicted octanol–water partition coefficient (Wildman–Crippen LogP) is 4.88. The average molecular weight is 539 g/mol. The number of aliphatic hydroxyl groups excluding tert-OH is 1. The molecule has 3 heterocycles. The summed E-state index contributed by atoms with van der Waals surface area (Å²) >= 11 is 6.01. The van der Waals surface area contributed by atoms with E-state index >= 15 is 0 Å². The maximum Gasteiger partial charge on any atom is 0.419 e. The number of anilines is 3. The smallest absolute Gasteiger partial charge is 0.395 e. The number of aliphatic hydroxyl groups is 1. The Balaban J connectivity index is 1.66. The van der Waals surface area contributed by atoms with E-state index in [1.165, 1.54) is 24.4 Å². The van der Waals surface area contributed by atoms with Crippen LogP contribution in [-0.2, 0) is 6.18 Å². The van der Waals surface area contributed by atoms with Crippen LogP contribution >= 0.6 is 11.6 Å². The van der Waals surface area contributed by atoms with Crippen molar-refractivity contribution in [3.05, 3.63) is 59.0 Å². The Hall–Kier alpha value is -3.18. The Morgan fingerprint density at radius 3 is 2.38 bits per heavy atom. The molecule has 1 aliphatic heterocycles. The molecule has 3 aromatic rings. The summed E-state index contributed by atoms with van der Waals surface area (Å²) in [6.07, 6.45) is -3.14. The third-order valence-electron chi connectivity index (χ3n) is 6.13. The van der Waals surface area contributed by atoms with E-state index in [0.29, 0.717) is 55.7 Å². The summed E-state index contributed by atoms with van der Waals surface area (Å²) in [7, 11) is 0. The number of hydrogen-bond acceptors (Lipinski definition) is 7. The molecular weight excluding hydrogens is 512 g/mol. The first kappa shape index (κ1) is 26.9. The number of hydrogen-bond donors (Lipinski definition) is 1. The monoisotopic (exact) mass is 538 g/mol. The van der Waals surface area contributed by atoms with Crippen LogP contribution in [0.2, 0.25) is 5.02 Å². The summed E-state index contributed by atoms with van der Waals surface area (Å²) in [4.78, 5) is 18.8. The van der Waals surface area contributed by atoms with E-state index < -0.39 is 17.6 Å². The molecule has 0 unspecified atom stereocenters. The maximum absolute atomic E-state index is 13.8. The highest BCUT2D eigenvalue weighted by Crippen LogP contribution is 2.36. The van der Waals surface area contributed by atoms with Crippen LogP contribution < -0.4 is 14.7 Å². The second-order valence-electron chi connectivity index (χ2n) is 8.90. The van der Waals surface area contributed by atoms with Gasteiger partial charge in [-0.15, -0.1) is 0 Å². The fraction of sp³-hybridized carbons (Fsp3) is 0.400. The zero-order chi connectivity index (χ0) is 26.7. The molecule has 0 radical (unpaired) electrons. The van der Waals surface area contributed by atoms with Crippen molar-refractivity contribution >= 4 is 29.2 Å². The minimum atomic E-state index is -4.50. The molecule has 7 nitrogen and oxygen atoms in total. The lowest BCUT2D eigenvalue weighted by Crippen LogP contribution is -2.47. The Kier molecular flexibility index (Phi) is 8.03. The molecule has 0 amide bonds. The molecular formula is C25H27ClF4N6O. The van der Waals surface area contributed by atoms with Crippen LogP contribution in [0.25, 0.3) is 11.3 Å². The van der Waals surface area contributed by atoms with Crippen LogP contribution in [0.5, 0.6) is 0 Å². The third kappa shape index (κ3) is 6.04. The Bertz CT molecular complexity index is 1230. The molecule has 1 aromatic carbocycles. The second kappa shape index (κ2) is 11.1. The van der Waals surface area contributed by atoms with E-state index in [0.717, 1.165) is 6.07 Å². The van der Waals surface area contributed by atoms with Gasteiger partial charge >= 0.3 is 6.18 Å². The van der Waals surface area contributed by atoms with Gasteiger partial charge in [0, 0.05) is 56.6 Å². The summed E-state index contributed by atoms with van der Waals surface area (Å²) in [5, 5.41) is 9.54. The number of alkyl halides is 3. The lowest BCUT2D eigenvalue weighted by Gasteiger charge is -2.37. The fourth-order valence-electron chi connectivity index (χ4n) is 4.23. The van der Waals surface area contributed by atoms with Crippen molar-refractivity contribution in [3.8, 4) is 11.3 Å². The highest BCUT2D eigenvalue weighted by Gasteiger charge is 2.36. The first-order valence-electron chi connectivity index (χ1n) is 11.8. The maximum atomic E-state index is 13.8. The SMILES string of the molecule is CC(C)N(CCO)c1nc(-c2ccc(F)c(Cl)c2)cc(N2CCN(c3ncccc3C(F)(F)F)CC2)n1. The van der Waals surface area contributed by atoms with Gasteiger partial charge in [0.2, 0.25) is 5.95 Å². The van der Waals surface area contributed by atoms with Crippen molar-refractivity contribution in [2.45, 2.75) is 26.1 Å². The first-order valence-corrected chi connectivity index (χ1v) is 12.2. The highest BCUT2D eigenvalue weighted by atomic mass is 35.5. The number of pyridine rings is 1. The van der Waals surface area contributed by atoms with Gasteiger partial charge in [0.25, 0.3) is 0 Å². The van der Waals surface area contributed by atoms with Gasteiger partial charge in [0.15, 0.2) is 0 Å². The van der Waals surface area contributed by atoms with Crippen molar-refractivity contribution in [2.75, 3.05) is 54.0 Å².